The number of hydrogen-bond acceptors (Lipinski definition) is 3. The monoisotopic (exact) mass is 244 g/mol. The van der Waals surface area contributed by atoms with Crippen LogP contribution in [0.25, 0.3) is 0 Å². The molecule has 0 fully saturated rings. The molecule has 0 spiro atoms. The highest BCUT2D eigenvalue weighted by atomic mass is 16.2. The zero-order valence-corrected chi connectivity index (χ0v) is 11.1. The normalized spacial score (nSPS) is 11.3. The van der Waals surface area contributed by atoms with Gasteiger partial charge in [-0.3, -0.25) is 10.4 Å². The highest BCUT2D eigenvalue weighted by Crippen LogP contribution is 1.90. The summed E-state index contributed by atoms with van der Waals surface area (Å²) in [5.74, 6) is 6.33. The van der Waals surface area contributed by atoms with Gasteiger partial charge in [-0.25, -0.2) is 10.6 Å². The molecule has 0 aliphatic heterocycles. The third-order valence-corrected chi connectivity index (χ3v) is 1.85. The highest BCUT2D eigenvalue weighted by Gasteiger charge is 2.01. The van der Waals surface area contributed by atoms with E-state index in [4.69, 9.17) is 5.84 Å². The van der Waals surface area contributed by atoms with Crippen LogP contribution in [0.5, 0.6) is 0 Å². The Morgan fingerprint density at radius 2 is 1.88 bits per heavy atom. The molecule has 7 nitrogen and oxygen atoms in total. The Kier molecular flexibility index (Phi) is 7.87. The van der Waals surface area contributed by atoms with Crippen LogP contribution in [0, 0.1) is 5.92 Å². The summed E-state index contributed by atoms with van der Waals surface area (Å²) in [5.41, 5.74) is 2.48. The first kappa shape index (κ1) is 15.5. The Morgan fingerprint density at radius 3 is 2.35 bits per heavy atom. The van der Waals surface area contributed by atoms with Gasteiger partial charge in [-0.1, -0.05) is 13.8 Å². The van der Waals surface area contributed by atoms with Crippen molar-refractivity contribution in [1.29, 1.82) is 0 Å². The molecule has 0 rings (SSSR count). The first-order valence-corrected chi connectivity index (χ1v) is 5.67. The van der Waals surface area contributed by atoms with Crippen LogP contribution in [0.3, 0.4) is 0 Å². The van der Waals surface area contributed by atoms with Crippen molar-refractivity contribution in [2.75, 3.05) is 33.7 Å². The standard InChI is InChI=1S/C10H24N6O/c1-8(2)7-14-9(15-11)12-5-6-13-10(17)16(3)4/h8H,5-7,11H2,1-4H3,(H,13,17)(H2,12,14,15). The number of carbonyl (C=O) groups excluding carboxylic acids is 1. The molecular formula is C10H24N6O. The SMILES string of the molecule is CC(C)CN=C(NN)NCCNC(=O)N(C)C. The van der Waals surface area contributed by atoms with Gasteiger partial charge in [0.15, 0.2) is 0 Å². The summed E-state index contributed by atoms with van der Waals surface area (Å²) in [4.78, 5) is 16.9. The fourth-order valence-electron chi connectivity index (χ4n) is 0.935. The summed E-state index contributed by atoms with van der Waals surface area (Å²) in [6.45, 7) is 5.95. The Bertz CT molecular complexity index is 251. The number of aliphatic imine (C=N–C) groups is 1. The second kappa shape index (κ2) is 8.63. The van der Waals surface area contributed by atoms with E-state index in [2.05, 4.69) is 34.9 Å². The van der Waals surface area contributed by atoms with Gasteiger partial charge in [0.1, 0.15) is 0 Å². The fraction of sp³-hybridized carbons (Fsp3) is 0.800. The lowest BCUT2D eigenvalue weighted by Crippen LogP contribution is -2.45. The summed E-state index contributed by atoms with van der Waals surface area (Å²) >= 11 is 0. The summed E-state index contributed by atoms with van der Waals surface area (Å²) in [5, 5.41) is 5.73. The molecule has 0 heterocycles. The number of hydrogen-bond donors (Lipinski definition) is 4. The van der Waals surface area contributed by atoms with Crippen molar-refractivity contribution < 1.29 is 4.79 Å². The molecule has 0 aromatic carbocycles. The van der Waals surface area contributed by atoms with Crippen LogP contribution in [-0.4, -0.2) is 50.6 Å². The third-order valence-electron chi connectivity index (χ3n) is 1.85. The molecule has 0 aliphatic rings. The van der Waals surface area contributed by atoms with E-state index < -0.39 is 0 Å². The van der Waals surface area contributed by atoms with Crippen LogP contribution < -0.4 is 21.9 Å². The zero-order chi connectivity index (χ0) is 13.3. The van der Waals surface area contributed by atoms with Crippen LogP contribution in [-0.2, 0) is 0 Å². The Labute approximate surface area is 103 Å². The quantitative estimate of drug-likeness (QED) is 0.169. The molecule has 0 atom stereocenters. The van der Waals surface area contributed by atoms with Gasteiger partial charge in [0, 0.05) is 33.7 Å². The number of guanidine groups is 1. The second-order valence-corrected chi connectivity index (χ2v) is 4.28. The van der Waals surface area contributed by atoms with Crippen molar-refractivity contribution in [2.24, 2.45) is 16.8 Å². The first-order chi connectivity index (χ1) is 7.97. The molecule has 2 amide bonds. The van der Waals surface area contributed by atoms with Crippen molar-refractivity contribution in [2.45, 2.75) is 13.8 Å². The van der Waals surface area contributed by atoms with Crippen molar-refractivity contribution in [3.63, 3.8) is 0 Å². The predicted molar refractivity (Wildman–Crippen MR) is 69.6 cm³/mol. The van der Waals surface area contributed by atoms with E-state index in [-0.39, 0.29) is 6.03 Å². The molecule has 0 aromatic heterocycles. The van der Waals surface area contributed by atoms with Gasteiger partial charge in [0.2, 0.25) is 5.96 Å². The van der Waals surface area contributed by atoms with E-state index in [1.54, 1.807) is 14.1 Å². The summed E-state index contributed by atoms with van der Waals surface area (Å²) < 4.78 is 0. The molecule has 5 N–H and O–H groups in total. The van der Waals surface area contributed by atoms with Crippen molar-refractivity contribution >= 4 is 12.0 Å². The Hall–Kier alpha value is -1.50. The Morgan fingerprint density at radius 1 is 1.29 bits per heavy atom. The molecule has 0 bridgehead atoms. The Balaban J connectivity index is 3.77. The molecule has 7 heteroatoms. The molecule has 100 valence electrons. The van der Waals surface area contributed by atoms with E-state index in [1.165, 1.54) is 4.90 Å². The molecule has 0 radical (unpaired) electrons. The minimum Gasteiger partial charge on any atom is -0.354 e. The average molecular weight is 244 g/mol. The van der Waals surface area contributed by atoms with E-state index in [0.29, 0.717) is 31.5 Å². The van der Waals surface area contributed by atoms with E-state index in [0.717, 1.165) is 0 Å². The molecular weight excluding hydrogens is 220 g/mol. The molecule has 0 saturated carbocycles. The van der Waals surface area contributed by atoms with Crippen LogP contribution in [0.15, 0.2) is 4.99 Å². The molecule has 0 aromatic rings. The van der Waals surface area contributed by atoms with Gasteiger partial charge in [0.05, 0.1) is 0 Å². The minimum absolute atomic E-state index is 0.117. The maximum absolute atomic E-state index is 11.2. The summed E-state index contributed by atoms with van der Waals surface area (Å²) in [7, 11) is 3.39. The lowest BCUT2D eigenvalue weighted by molar-refractivity contribution is 0.217. The zero-order valence-electron chi connectivity index (χ0n) is 11.1. The smallest absolute Gasteiger partial charge is 0.316 e. The van der Waals surface area contributed by atoms with Gasteiger partial charge in [0.25, 0.3) is 0 Å². The topological polar surface area (TPSA) is 94.8 Å². The number of nitrogens with two attached hydrogens (primary N) is 1. The number of amides is 2. The van der Waals surface area contributed by atoms with E-state index in [9.17, 15) is 4.79 Å². The van der Waals surface area contributed by atoms with E-state index in [1.807, 2.05) is 0 Å². The molecule has 0 unspecified atom stereocenters. The van der Waals surface area contributed by atoms with Crippen LogP contribution in [0.2, 0.25) is 0 Å². The maximum atomic E-state index is 11.2. The van der Waals surface area contributed by atoms with Gasteiger partial charge in [-0.05, 0) is 5.92 Å². The largest absolute Gasteiger partial charge is 0.354 e. The number of hydrazine groups is 1. The van der Waals surface area contributed by atoms with Gasteiger partial charge < -0.3 is 15.5 Å². The van der Waals surface area contributed by atoms with Crippen LogP contribution >= 0.6 is 0 Å². The van der Waals surface area contributed by atoms with Gasteiger partial charge in [-0.2, -0.15) is 0 Å². The number of carbonyl (C=O) groups is 1. The van der Waals surface area contributed by atoms with Crippen molar-refractivity contribution in [3.05, 3.63) is 0 Å². The predicted octanol–water partition coefficient (Wildman–Crippen LogP) is -0.677. The van der Waals surface area contributed by atoms with Gasteiger partial charge in [-0.15, -0.1) is 0 Å². The number of nitrogens with zero attached hydrogens (tertiary/aromatic N) is 2. The third kappa shape index (κ3) is 8.32. The maximum Gasteiger partial charge on any atom is 0.316 e. The molecule has 0 aliphatic carbocycles. The highest BCUT2D eigenvalue weighted by molar-refractivity contribution is 5.79. The van der Waals surface area contributed by atoms with Crippen LogP contribution in [0.1, 0.15) is 13.8 Å². The van der Waals surface area contributed by atoms with E-state index >= 15 is 0 Å². The molecule has 0 saturated heterocycles. The fourth-order valence-corrected chi connectivity index (χ4v) is 0.935. The van der Waals surface area contributed by atoms with Gasteiger partial charge >= 0.3 is 6.03 Å². The second-order valence-electron chi connectivity index (χ2n) is 4.28. The van der Waals surface area contributed by atoms with Crippen molar-refractivity contribution in [1.82, 2.24) is 21.0 Å². The number of urea groups is 1. The first-order valence-electron chi connectivity index (χ1n) is 5.67. The van der Waals surface area contributed by atoms with Crippen LogP contribution in [0.4, 0.5) is 4.79 Å². The lowest BCUT2D eigenvalue weighted by Gasteiger charge is -2.13. The molecule has 17 heavy (non-hydrogen) atoms. The lowest BCUT2D eigenvalue weighted by atomic mass is 10.2. The number of rotatable bonds is 5. The van der Waals surface area contributed by atoms with Crippen molar-refractivity contribution in [3.8, 4) is 0 Å². The number of nitrogens with one attached hydrogen (secondary N) is 3. The average Bonchev–Trinajstić information content (AvgIpc) is 2.27. The summed E-state index contributed by atoms with van der Waals surface area (Å²) in [6, 6.07) is -0.117. The summed E-state index contributed by atoms with van der Waals surface area (Å²) in [6.07, 6.45) is 0. The minimum atomic E-state index is -0.117.